The molecule has 1 saturated heterocycles. The monoisotopic (exact) mass is 489 g/mol. The quantitative estimate of drug-likeness (QED) is 0.217. The van der Waals surface area contributed by atoms with Crippen molar-refractivity contribution < 1.29 is 19.6 Å². The van der Waals surface area contributed by atoms with E-state index in [2.05, 4.69) is 15.6 Å². The van der Waals surface area contributed by atoms with Gasteiger partial charge in [0.1, 0.15) is 6.04 Å². The zero-order valence-electron chi connectivity index (χ0n) is 21.5. The molecule has 3 amide bonds. The Morgan fingerprint density at radius 2 is 1.91 bits per heavy atom. The number of aromatic amines is 1. The maximum atomic E-state index is 13.5. The third kappa shape index (κ3) is 8.07. The SMILES string of the molecule is CC(C)(C)[C@H](NC(=O)[C@H](CC1CCCC1)CN(O)C=O)C(=O)N1CCC(NCc2ccc[nH]2)CC1. The molecule has 35 heavy (non-hydrogen) atoms. The van der Waals surface area contributed by atoms with Crippen LogP contribution in [0.15, 0.2) is 18.3 Å². The average Bonchev–Trinajstić information content (AvgIpc) is 3.54. The van der Waals surface area contributed by atoms with Crippen LogP contribution in [0.5, 0.6) is 0 Å². The topological polar surface area (TPSA) is 118 Å². The first-order valence-corrected chi connectivity index (χ1v) is 13.0. The maximum Gasteiger partial charge on any atom is 0.245 e. The summed E-state index contributed by atoms with van der Waals surface area (Å²) in [6, 6.07) is 3.70. The van der Waals surface area contributed by atoms with Crippen molar-refractivity contribution in [3.63, 3.8) is 0 Å². The normalized spacial score (nSPS) is 19.4. The van der Waals surface area contributed by atoms with Gasteiger partial charge in [-0.05, 0) is 42.7 Å². The highest BCUT2D eigenvalue weighted by molar-refractivity contribution is 5.89. The van der Waals surface area contributed by atoms with Crippen LogP contribution in [-0.2, 0) is 20.9 Å². The van der Waals surface area contributed by atoms with E-state index in [4.69, 9.17) is 0 Å². The van der Waals surface area contributed by atoms with E-state index in [0.29, 0.717) is 42.9 Å². The van der Waals surface area contributed by atoms with Gasteiger partial charge < -0.3 is 20.5 Å². The van der Waals surface area contributed by atoms with E-state index in [1.54, 1.807) is 0 Å². The summed E-state index contributed by atoms with van der Waals surface area (Å²) in [5.74, 6) is -0.473. The largest absolute Gasteiger partial charge is 0.364 e. The Balaban J connectivity index is 1.59. The molecule has 9 nitrogen and oxygen atoms in total. The highest BCUT2D eigenvalue weighted by Gasteiger charge is 2.38. The molecule has 2 heterocycles. The van der Waals surface area contributed by atoms with Gasteiger partial charge in [-0.15, -0.1) is 0 Å². The lowest BCUT2D eigenvalue weighted by atomic mass is 9.84. The van der Waals surface area contributed by atoms with Crippen LogP contribution in [0.2, 0.25) is 0 Å². The Bertz CT molecular complexity index is 808. The van der Waals surface area contributed by atoms with E-state index in [9.17, 15) is 19.6 Å². The standard InChI is InChI=1S/C26H43N5O4/c1-26(2,3)23(29-24(33)20(17-31(35)18-32)15-19-7-4-5-8-19)25(34)30-13-10-21(11-14-30)28-16-22-9-6-12-27-22/h6,9,12,18-21,23,27-28,35H,4-5,7-8,10-11,13-17H2,1-3H3,(H,29,33)/t20-,23-/m1/s1. The van der Waals surface area contributed by atoms with Gasteiger partial charge in [0, 0.05) is 37.6 Å². The summed E-state index contributed by atoms with van der Waals surface area (Å²) in [7, 11) is 0. The number of likely N-dealkylation sites (tertiary alicyclic amines) is 1. The first-order chi connectivity index (χ1) is 16.7. The summed E-state index contributed by atoms with van der Waals surface area (Å²) in [4.78, 5) is 42.9. The Kier molecular flexibility index (Phi) is 9.74. The highest BCUT2D eigenvalue weighted by atomic mass is 16.5. The van der Waals surface area contributed by atoms with Crippen molar-refractivity contribution in [2.24, 2.45) is 17.3 Å². The zero-order valence-corrected chi connectivity index (χ0v) is 21.5. The number of nitrogens with one attached hydrogen (secondary N) is 3. The number of hydroxylamine groups is 2. The van der Waals surface area contributed by atoms with E-state index in [0.717, 1.165) is 50.8 Å². The van der Waals surface area contributed by atoms with Gasteiger partial charge in [0.2, 0.25) is 18.2 Å². The van der Waals surface area contributed by atoms with Crippen LogP contribution in [0.3, 0.4) is 0 Å². The van der Waals surface area contributed by atoms with Gasteiger partial charge in [-0.25, -0.2) is 5.06 Å². The second kappa shape index (κ2) is 12.5. The first-order valence-electron chi connectivity index (χ1n) is 13.0. The van der Waals surface area contributed by atoms with Crippen molar-refractivity contribution in [2.45, 2.75) is 84.3 Å². The molecule has 4 N–H and O–H groups in total. The van der Waals surface area contributed by atoms with Crippen LogP contribution in [0.4, 0.5) is 0 Å². The number of aromatic nitrogens is 1. The number of H-pyrrole nitrogens is 1. The first kappa shape index (κ1) is 27.2. The van der Waals surface area contributed by atoms with E-state index >= 15 is 0 Å². The lowest BCUT2D eigenvalue weighted by Crippen LogP contribution is -2.58. The van der Waals surface area contributed by atoms with Gasteiger partial charge in [-0.3, -0.25) is 19.6 Å². The Labute approximate surface area is 209 Å². The van der Waals surface area contributed by atoms with Crippen molar-refractivity contribution in [2.75, 3.05) is 19.6 Å². The maximum absolute atomic E-state index is 13.5. The molecule has 0 aromatic carbocycles. The molecule has 1 aromatic rings. The number of carbonyl (C=O) groups excluding carboxylic acids is 3. The minimum Gasteiger partial charge on any atom is -0.364 e. The number of hydrogen-bond donors (Lipinski definition) is 4. The van der Waals surface area contributed by atoms with Crippen LogP contribution >= 0.6 is 0 Å². The smallest absolute Gasteiger partial charge is 0.245 e. The fourth-order valence-corrected chi connectivity index (χ4v) is 5.31. The predicted octanol–water partition coefficient (Wildman–Crippen LogP) is 2.67. The molecule has 0 spiro atoms. The number of nitrogens with zero attached hydrogens (tertiary/aromatic N) is 2. The van der Waals surface area contributed by atoms with E-state index in [1.165, 1.54) is 0 Å². The molecule has 0 unspecified atom stereocenters. The summed E-state index contributed by atoms with van der Waals surface area (Å²) in [5, 5.41) is 16.9. The fraction of sp³-hybridized carbons (Fsp3) is 0.731. The highest BCUT2D eigenvalue weighted by Crippen LogP contribution is 2.31. The number of rotatable bonds is 11. The summed E-state index contributed by atoms with van der Waals surface area (Å²) in [5.41, 5.74) is 0.666. The Morgan fingerprint density at radius 3 is 2.49 bits per heavy atom. The number of carbonyl (C=O) groups is 3. The minimum atomic E-state index is -0.673. The molecule has 3 rings (SSSR count). The van der Waals surface area contributed by atoms with Gasteiger partial charge in [0.05, 0.1) is 12.5 Å². The molecule has 1 aromatic heterocycles. The molecule has 1 saturated carbocycles. The lowest BCUT2D eigenvalue weighted by molar-refractivity contribution is -0.156. The summed E-state index contributed by atoms with van der Waals surface area (Å²) in [6.45, 7) is 7.87. The number of piperidine rings is 1. The summed E-state index contributed by atoms with van der Waals surface area (Å²) >= 11 is 0. The Morgan fingerprint density at radius 1 is 1.23 bits per heavy atom. The van der Waals surface area contributed by atoms with Crippen molar-refractivity contribution in [3.05, 3.63) is 24.0 Å². The zero-order chi connectivity index (χ0) is 25.4. The number of hydrogen-bond acceptors (Lipinski definition) is 5. The van der Waals surface area contributed by atoms with Crippen LogP contribution in [0, 0.1) is 17.3 Å². The fourth-order valence-electron chi connectivity index (χ4n) is 5.31. The van der Waals surface area contributed by atoms with Crippen LogP contribution in [0.1, 0.15) is 71.4 Å². The van der Waals surface area contributed by atoms with Gasteiger partial charge in [0.25, 0.3) is 0 Å². The molecule has 2 fully saturated rings. The minimum absolute atomic E-state index is 0.0608. The van der Waals surface area contributed by atoms with Crippen molar-refractivity contribution in [1.29, 1.82) is 0 Å². The average molecular weight is 490 g/mol. The third-order valence-corrected chi connectivity index (χ3v) is 7.44. The van der Waals surface area contributed by atoms with Gasteiger partial charge in [-0.1, -0.05) is 46.5 Å². The van der Waals surface area contributed by atoms with Crippen LogP contribution in [0.25, 0.3) is 0 Å². The van der Waals surface area contributed by atoms with Crippen molar-refractivity contribution in [3.8, 4) is 0 Å². The molecule has 1 aliphatic carbocycles. The molecule has 0 radical (unpaired) electrons. The molecular weight excluding hydrogens is 446 g/mol. The van der Waals surface area contributed by atoms with E-state index in [1.807, 2.05) is 44.0 Å². The predicted molar refractivity (Wildman–Crippen MR) is 133 cm³/mol. The van der Waals surface area contributed by atoms with Gasteiger partial charge in [0.15, 0.2) is 0 Å². The molecule has 196 valence electrons. The van der Waals surface area contributed by atoms with E-state index in [-0.39, 0.29) is 18.4 Å². The van der Waals surface area contributed by atoms with E-state index < -0.39 is 17.4 Å². The second-order valence-corrected chi connectivity index (χ2v) is 11.3. The molecule has 2 aliphatic rings. The van der Waals surface area contributed by atoms with Crippen molar-refractivity contribution >= 4 is 18.2 Å². The summed E-state index contributed by atoms with van der Waals surface area (Å²) < 4.78 is 0. The van der Waals surface area contributed by atoms with Crippen LogP contribution in [-0.4, -0.2) is 70.1 Å². The Hall–Kier alpha value is -2.39. The number of amides is 3. The van der Waals surface area contributed by atoms with Gasteiger partial charge in [-0.2, -0.15) is 0 Å². The molecule has 0 bridgehead atoms. The lowest BCUT2D eigenvalue weighted by Gasteiger charge is -2.39. The summed E-state index contributed by atoms with van der Waals surface area (Å²) in [6.07, 6.45) is 8.99. The third-order valence-electron chi connectivity index (χ3n) is 7.44. The molecule has 2 atom stereocenters. The molecule has 9 heteroatoms. The molecular formula is C26H43N5O4. The second-order valence-electron chi connectivity index (χ2n) is 11.3. The van der Waals surface area contributed by atoms with Crippen LogP contribution < -0.4 is 10.6 Å². The molecule has 1 aliphatic heterocycles. The van der Waals surface area contributed by atoms with Crippen molar-refractivity contribution in [1.82, 2.24) is 25.6 Å². The van der Waals surface area contributed by atoms with Gasteiger partial charge >= 0.3 is 0 Å².